The van der Waals surface area contributed by atoms with Gasteiger partial charge in [0.2, 0.25) is 0 Å². The van der Waals surface area contributed by atoms with Crippen LogP contribution >= 0.6 is 0 Å². The largest absolute Gasteiger partial charge is 0.300 e. The standard InChI is InChI=1S/C8H17N.C2H6/c1-4-7-8-9(5-2)6-3;1-2/h4,7H,5-6,8H2,1-3H3;1-2H3/b7-4+;. The van der Waals surface area contributed by atoms with E-state index in [0.29, 0.717) is 0 Å². The van der Waals surface area contributed by atoms with Crippen molar-refractivity contribution in [3.05, 3.63) is 12.2 Å². The van der Waals surface area contributed by atoms with Gasteiger partial charge < -0.3 is 4.90 Å². The van der Waals surface area contributed by atoms with E-state index >= 15 is 0 Å². The second-order valence-electron chi connectivity index (χ2n) is 2.05. The molecule has 0 saturated carbocycles. The molecule has 1 nitrogen and oxygen atoms in total. The highest BCUT2D eigenvalue weighted by Gasteiger charge is 1.91. The van der Waals surface area contributed by atoms with Crippen molar-refractivity contribution in [2.24, 2.45) is 0 Å². The molecule has 0 aromatic rings. The van der Waals surface area contributed by atoms with Crippen LogP contribution in [0.15, 0.2) is 12.2 Å². The number of likely N-dealkylation sites (N-methyl/N-ethyl adjacent to an activating group) is 1. The van der Waals surface area contributed by atoms with Gasteiger partial charge in [-0.25, -0.2) is 0 Å². The summed E-state index contributed by atoms with van der Waals surface area (Å²) >= 11 is 0. The van der Waals surface area contributed by atoms with Gasteiger partial charge in [-0.2, -0.15) is 0 Å². The molecule has 0 unspecified atom stereocenters. The van der Waals surface area contributed by atoms with Crippen molar-refractivity contribution < 1.29 is 0 Å². The van der Waals surface area contributed by atoms with E-state index in [9.17, 15) is 0 Å². The van der Waals surface area contributed by atoms with E-state index < -0.39 is 0 Å². The molecule has 0 bridgehead atoms. The van der Waals surface area contributed by atoms with E-state index in [1.54, 1.807) is 0 Å². The van der Waals surface area contributed by atoms with Crippen LogP contribution in [0.25, 0.3) is 0 Å². The molecule has 0 aromatic heterocycles. The summed E-state index contributed by atoms with van der Waals surface area (Å²) in [5.41, 5.74) is 0. The van der Waals surface area contributed by atoms with Crippen LogP contribution in [0.2, 0.25) is 0 Å². The monoisotopic (exact) mass is 157 g/mol. The van der Waals surface area contributed by atoms with Gasteiger partial charge in [-0.1, -0.05) is 39.8 Å². The van der Waals surface area contributed by atoms with Gasteiger partial charge >= 0.3 is 0 Å². The van der Waals surface area contributed by atoms with Crippen molar-refractivity contribution in [3.63, 3.8) is 0 Å². The lowest BCUT2D eigenvalue weighted by atomic mass is 10.4. The summed E-state index contributed by atoms with van der Waals surface area (Å²) in [5, 5.41) is 0. The summed E-state index contributed by atoms with van der Waals surface area (Å²) in [6, 6.07) is 0. The van der Waals surface area contributed by atoms with Crippen molar-refractivity contribution >= 4 is 0 Å². The van der Waals surface area contributed by atoms with Gasteiger partial charge in [0.25, 0.3) is 0 Å². The lowest BCUT2D eigenvalue weighted by Crippen LogP contribution is -2.22. The molecule has 0 aliphatic carbocycles. The number of allylic oxidation sites excluding steroid dienone is 1. The molecule has 68 valence electrons. The van der Waals surface area contributed by atoms with Crippen molar-refractivity contribution in [1.82, 2.24) is 4.90 Å². The van der Waals surface area contributed by atoms with Gasteiger partial charge in [0.05, 0.1) is 0 Å². The van der Waals surface area contributed by atoms with E-state index in [1.165, 1.54) is 0 Å². The predicted octanol–water partition coefficient (Wildman–Crippen LogP) is 2.93. The highest BCUT2D eigenvalue weighted by atomic mass is 15.1. The zero-order valence-corrected chi connectivity index (χ0v) is 8.72. The molecular formula is C10H23N. The minimum absolute atomic E-state index is 1.10. The highest BCUT2D eigenvalue weighted by molar-refractivity contribution is 4.80. The molecule has 0 amide bonds. The average Bonchev–Trinajstić information content (AvgIpc) is 2.10. The zero-order chi connectivity index (χ0) is 9.11. The molecule has 0 fully saturated rings. The number of hydrogen-bond acceptors (Lipinski definition) is 1. The quantitative estimate of drug-likeness (QED) is 0.567. The average molecular weight is 157 g/mol. The molecule has 1 heteroatoms. The molecule has 0 radical (unpaired) electrons. The van der Waals surface area contributed by atoms with Crippen LogP contribution in [-0.2, 0) is 0 Å². The topological polar surface area (TPSA) is 3.24 Å². The summed E-state index contributed by atoms with van der Waals surface area (Å²) in [5.74, 6) is 0. The maximum Gasteiger partial charge on any atom is 0.0162 e. The fraction of sp³-hybridized carbons (Fsp3) is 0.800. The van der Waals surface area contributed by atoms with Gasteiger partial charge in [-0.15, -0.1) is 0 Å². The lowest BCUT2D eigenvalue weighted by Gasteiger charge is -2.14. The van der Waals surface area contributed by atoms with E-state index in [0.717, 1.165) is 19.6 Å². The third kappa shape index (κ3) is 9.70. The van der Waals surface area contributed by atoms with Gasteiger partial charge in [-0.3, -0.25) is 0 Å². The van der Waals surface area contributed by atoms with Crippen LogP contribution in [0.5, 0.6) is 0 Å². The van der Waals surface area contributed by atoms with Crippen LogP contribution in [0, 0.1) is 0 Å². The second-order valence-corrected chi connectivity index (χ2v) is 2.05. The second kappa shape index (κ2) is 12.4. The van der Waals surface area contributed by atoms with Gasteiger partial charge in [0, 0.05) is 6.54 Å². The smallest absolute Gasteiger partial charge is 0.0162 e. The minimum atomic E-state index is 1.10. The Morgan fingerprint density at radius 2 is 1.55 bits per heavy atom. The van der Waals surface area contributed by atoms with E-state index in [2.05, 4.69) is 37.8 Å². The molecule has 0 N–H and O–H groups in total. The van der Waals surface area contributed by atoms with E-state index in [4.69, 9.17) is 0 Å². The molecule has 0 atom stereocenters. The van der Waals surface area contributed by atoms with Crippen LogP contribution in [0.3, 0.4) is 0 Å². The Morgan fingerprint density at radius 1 is 1.09 bits per heavy atom. The fourth-order valence-electron chi connectivity index (χ4n) is 0.736. The summed E-state index contributed by atoms with van der Waals surface area (Å²) in [4.78, 5) is 2.38. The normalized spacial score (nSPS) is 10.0. The summed E-state index contributed by atoms with van der Waals surface area (Å²) in [6.07, 6.45) is 4.28. The zero-order valence-electron chi connectivity index (χ0n) is 8.72. The predicted molar refractivity (Wildman–Crippen MR) is 54.0 cm³/mol. The van der Waals surface area contributed by atoms with Crippen LogP contribution in [0.1, 0.15) is 34.6 Å². The first-order chi connectivity index (χ1) is 5.35. The Hall–Kier alpha value is -0.300. The Bertz CT molecular complexity index is 72.9. The highest BCUT2D eigenvalue weighted by Crippen LogP contribution is 1.85. The van der Waals surface area contributed by atoms with Gasteiger partial charge in [0.1, 0.15) is 0 Å². The maximum atomic E-state index is 2.38. The van der Waals surface area contributed by atoms with E-state index in [1.807, 2.05) is 13.8 Å². The van der Waals surface area contributed by atoms with Crippen molar-refractivity contribution in [2.75, 3.05) is 19.6 Å². The van der Waals surface area contributed by atoms with Crippen molar-refractivity contribution in [1.29, 1.82) is 0 Å². The molecule has 11 heavy (non-hydrogen) atoms. The molecular weight excluding hydrogens is 134 g/mol. The first kappa shape index (κ1) is 13.3. The number of hydrogen-bond donors (Lipinski definition) is 0. The van der Waals surface area contributed by atoms with Gasteiger partial charge in [-0.05, 0) is 20.0 Å². The van der Waals surface area contributed by atoms with Crippen LogP contribution in [-0.4, -0.2) is 24.5 Å². The molecule has 0 aromatic carbocycles. The lowest BCUT2D eigenvalue weighted by molar-refractivity contribution is 0.337. The Morgan fingerprint density at radius 3 is 1.82 bits per heavy atom. The number of nitrogens with zero attached hydrogens (tertiary/aromatic N) is 1. The maximum absolute atomic E-state index is 2.38. The van der Waals surface area contributed by atoms with Crippen LogP contribution < -0.4 is 0 Å². The van der Waals surface area contributed by atoms with Crippen LogP contribution in [0.4, 0.5) is 0 Å². The SMILES string of the molecule is C/C=C/CN(CC)CC.CC. The minimum Gasteiger partial charge on any atom is -0.300 e. The fourth-order valence-corrected chi connectivity index (χ4v) is 0.736. The molecule has 0 rings (SSSR count). The van der Waals surface area contributed by atoms with Crippen molar-refractivity contribution in [3.8, 4) is 0 Å². The van der Waals surface area contributed by atoms with Gasteiger partial charge in [0.15, 0.2) is 0 Å². The Kier molecular flexibility index (Phi) is 15.0. The summed E-state index contributed by atoms with van der Waals surface area (Å²) in [7, 11) is 0. The Balaban J connectivity index is 0. The first-order valence-corrected chi connectivity index (χ1v) is 4.68. The molecule has 0 spiro atoms. The summed E-state index contributed by atoms with van der Waals surface area (Å²) < 4.78 is 0. The number of rotatable bonds is 4. The van der Waals surface area contributed by atoms with Crippen molar-refractivity contribution in [2.45, 2.75) is 34.6 Å². The molecule has 0 heterocycles. The van der Waals surface area contributed by atoms with E-state index in [-0.39, 0.29) is 0 Å². The first-order valence-electron chi connectivity index (χ1n) is 4.68. The molecule has 0 aliphatic rings. The molecule has 0 saturated heterocycles. The summed E-state index contributed by atoms with van der Waals surface area (Å²) in [6.45, 7) is 13.8. The Labute approximate surface area is 72.1 Å². The third-order valence-corrected chi connectivity index (χ3v) is 1.49. The molecule has 0 aliphatic heterocycles. The third-order valence-electron chi connectivity index (χ3n) is 1.49.